The van der Waals surface area contributed by atoms with Crippen LogP contribution in [0.15, 0.2) is 60.7 Å². The standard InChI is InChI=1S/C21H17F3N2OS/c1-2-25-16-12-11-15(13-7-3-4-8-14(13)16)20(27,21(22,23)24)19-26-17-9-5-6-10-18(17)28-19/h3-12,25,27H,2H2,1H3. The summed E-state index contributed by atoms with van der Waals surface area (Å²) >= 11 is 0.852. The van der Waals surface area contributed by atoms with E-state index >= 15 is 0 Å². The largest absolute Gasteiger partial charge is 0.428 e. The number of aliphatic hydroxyl groups is 1. The van der Waals surface area contributed by atoms with Crippen LogP contribution in [-0.2, 0) is 5.60 Å². The van der Waals surface area contributed by atoms with Crippen molar-refractivity contribution in [2.45, 2.75) is 18.7 Å². The normalized spacial score (nSPS) is 14.3. The molecule has 3 nitrogen and oxygen atoms in total. The van der Waals surface area contributed by atoms with Crippen LogP contribution in [0.1, 0.15) is 17.5 Å². The van der Waals surface area contributed by atoms with Crippen molar-refractivity contribution in [2.75, 3.05) is 11.9 Å². The van der Waals surface area contributed by atoms with Gasteiger partial charge in [-0.2, -0.15) is 13.2 Å². The summed E-state index contributed by atoms with van der Waals surface area (Å²) in [5.74, 6) is 0. The SMILES string of the molecule is CCNc1ccc(C(O)(c2nc3ccccc3s2)C(F)(F)F)c2ccccc12. The lowest BCUT2D eigenvalue weighted by atomic mass is 9.88. The van der Waals surface area contributed by atoms with Crippen LogP contribution in [-0.4, -0.2) is 22.8 Å². The van der Waals surface area contributed by atoms with Crippen molar-refractivity contribution in [3.05, 3.63) is 71.2 Å². The van der Waals surface area contributed by atoms with Crippen LogP contribution in [0.5, 0.6) is 0 Å². The van der Waals surface area contributed by atoms with Crippen molar-refractivity contribution in [2.24, 2.45) is 0 Å². The van der Waals surface area contributed by atoms with Crippen molar-refractivity contribution in [1.82, 2.24) is 4.98 Å². The first-order chi connectivity index (χ1) is 13.4. The Hall–Kier alpha value is -2.64. The minimum absolute atomic E-state index is 0.226. The lowest BCUT2D eigenvalue weighted by molar-refractivity contribution is -0.247. The van der Waals surface area contributed by atoms with E-state index < -0.39 is 11.8 Å². The van der Waals surface area contributed by atoms with Gasteiger partial charge in [0.05, 0.1) is 10.2 Å². The molecule has 0 saturated carbocycles. The van der Waals surface area contributed by atoms with E-state index in [0.717, 1.165) is 17.0 Å². The van der Waals surface area contributed by atoms with Crippen LogP contribution in [0.4, 0.5) is 18.9 Å². The van der Waals surface area contributed by atoms with Crippen LogP contribution >= 0.6 is 11.3 Å². The monoisotopic (exact) mass is 402 g/mol. The second kappa shape index (κ2) is 6.76. The van der Waals surface area contributed by atoms with Gasteiger partial charge in [-0.15, -0.1) is 11.3 Å². The Morgan fingerprint density at radius 1 is 0.964 bits per heavy atom. The zero-order valence-electron chi connectivity index (χ0n) is 14.9. The molecule has 0 amide bonds. The van der Waals surface area contributed by atoms with Gasteiger partial charge in [-0.25, -0.2) is 4.98 Å². The molecule has 0 saturated heterocycles. The number of aromatic nitrogens is 1. The molecule has 144 valence electrons. The van der Waals surface area contributed by atoms with E-state index in [-0.39, 0.29) is 10.6 Å². The number of hydrogen-bond acceptors (Lipinski definition) is 4. The molecule has 0 spiro atoms. The van der Waals surface area contributed by atoms with Gasteiger partial charge in [0.1, 0.15) is 5.01 Å². The predicted molar refractivity (Wildman–Crippen MR) is 107 cm³/mol. The molecule has 3 aromatic carbocycles. The maximum atomic E-state index is 14.3. The van der Waals surface area contributed by atoms with Gasteiger partial charge < -0.3 is 10.4 Å². The van der Waals surface area contributed by atoms with Crippen molar-refractivity contribution >= 4 is 38.0 Å². The number of para-hydroxylation sites is 1. The average molecular weight is 402 g/mol. The van der Waals surface area contributed by atoms with Crippen molar-refractivity contribution in [3.63, 3.8) is 0 Å². The topological polar surface area (TPSA) is 45.1 Å². The highest BCUT2D eigenvalue weighted by molar-refractivity contribution is 7.18. The Kier molecular flexibility index (Phi) is 4.51. The fourth-order valence-corrected chi connectivity index (χ4v) is 4.47. The van der Waals surface area contributed by atoms with E-state index in [1.54, 1.807) is 54.6 Å². The third kappa shape index (κ3) is 2.82. The van der Waals surface area contributed by atoms with Crippen molar-refractivity contribution in [3.8, 4) is 0 Å². The van der Waals surface area contributed by atoms with E-state index in [2.05, 4.69) is 10.3 Å². The molecule has 1 atom stereocenters. The van der Waals surface area contributed by atoms with Crippen LogP contribution in [0.3, 0.4) is 0 Å². The molecule has 1 unspecified atom stereocenters. The van der Waals surface area contributed by atoms with Crippen LogP contribution in [0.25, 0.3) is 21.0 Å². The number of nitrogens with zero attached hydrogens (tertiary/aromatic N) is 1. The minimum Gasteiger partial charge on any atom is -0.385 e. The first kappa shape index (κ1) is 18.7. The number of halogens is 3. The number of rotatable bonds is 4. The summed E-state index contributed by atoms with van der Waals surface area (Å²) in [6.07, 6.45) is -4.94. The highest BCUT2D eigenvalue weighted by Crippen LogP contribution is 2.49. The van der Waals surface area contributed by atoms with E-state index in [1.165, 1.54) is 6.07 Å². The maximum absolute atomic E-state index is 14.3. The number of hydrogen-bond donors (Lipinski definition) is 2. The molecule has 0 radical (unpaired) electrons. The van der Waals surface area contributed by atoms with Crippen LogP contribution in [0, 0.1) is 0 Å². The molecule has 0 bridgehead atoms. The zero-order valence-corrected chi connectivity index (χ0v) is 15.7. The fraction of sp³-hybridized carbons (Fsp3) is 0.190. The van der Waals surface area contributed by atoms with Gasteiger partial charge in [-0.3, -0.25) is 0 Å². The van der Waals surface area contributed by atoms with Gasteiger partial charge in [0.25, 0.3) is 0 Å². The smallest absolute Gasteiger partial charge is 0.385 e. The van der Waals surface area contributed by atoms with Gasteiger partial charge in [-0.1, -0.05) is 42.5 Å². The Morgan fingerprint density at radius 2 is 1.64 bits per heavy atom. The second-order valence-electron chi connectivity index (χ2n) is 6.43. The van der Waals surface area contributed by atoms with E-state index in [9.17, 15) is 18.3 Å². The van der Waals surface area contributed by atoms with Gasteiger partial charge >= 0.3 is 6.18 Å². The first-order valence-corrected chi connectivity index (χ1v) is 9.59. The van der Waals surface area contributed by atoms with Crippen LogP contribution < -0.4 is 5.32 Å². The molecule has 0 fully saturated rings. The summed E-state index contributed by atoms with van der Waals surface area (Å²) < 4.78 is 43.4. The summed E-state index contributed by atoms with van der Waals surface area (Å²) in [5, 5.41) is 14.8. The number of nitrogens with one attached hydrogen (secondary N) is 1. The summed E-state index contributed by atoms with van der Waals surface area (Å²) in [7, 11) is 0. The molecule has 1 aromatic heterocycles. The quantitative estimate of drug-likeness (QED) is 0.462. The molecular weight excluding hydrogens is 385 g/mol. The molecule has 0 aliphatic heterocycles. The van der Waals surface area contributed by atoms with Crippen molar-refractivity contribution < 1.29 is 18.3 Å². The van der Waals surface area contributed by atoms with Gasteiger partial charge in [0.2, 0.25) is 5.60 Å². The molecule has 7 heteroatoms. The minimum atomic E-state index is -4.94. The maximum Gasteiger partial charge on any atom is 0.428 e. The van der Waals surface area contributed by atoms with Gasteiger partial charge in [0, 0.05) is 23.2 Å². The number of fused-ring (bicyclic) bond motifs is 2. The molecule has 28 heavy (non-hydrogen) atoms. The summed E-state index contributed by atoms with van der Waals surface area (Å²) in [6, 6.07) is 16.4. The molecule has 1 heterocycles. The molecule has 4 aromatic rings. The Balaban J connectivity index is 2.03. The number of thiazole rings is 1. The molecule has 0 aliphatic carbocycles. The van der Waals surface area contributed by atoms with Crippen LogP contribution in [0.2, 0.25) is 0 Å². The molecular formula is C21H17F3N2OS. The zero-order chi connectivity index (χ0) is 19.9. The highest BCUT2D eigenvalue weighted by atomic mass is 32.1. The highest BCUT2D eigenvalue weighted by Gasteiger charge is 2.59. The molecule has 2 N–H and O–H groups in total. The third-order valence-corrected chi connectivity index (χ3v) is 5.84. The summed E-state index contributed by atoms with van der Waals surface area (Å²) in [4.78, 5) is 4.13. The summed E-state index contributed by atoms with van der Waals surface area (Å²) in [5.41, 5.74) is -2.29. The van der Waals surface area contributed by atoms with Gasteiger partial charge in [0.15, 0.2) is 0 Å². The van der Waals surface area contributed by atoms with Crippen molar-refractivity contribution in [1.29, 1.82) is 0 Å². The van der Waals surface area contributed by atoms with E-state index in [1.807, 2.05) is 6.92 Å². The molecule has 4 rings (SSSR count). The second-order valence-corrected chi connectivity index (χ2v) is 7.46. The first-order valence-electron chi connectivity index (χ1n) is 8.77. The average Bonchev–Trinajstić information content (AvgIpc) is 3.11. The van der Waals surface area contributed by atoms with Gasteiger partial charge in [-0.05, 0) is 30.5 Å². The summed E-state index contributed by atoms with van der Waals surface area (Å²) in [6.45, 7) is 2.54. The number of benzene rings is 3. The lowest BCUT2D eigenvalue weighted by Gasteiger charge is -2.30. The predicted octanol–water partition coefficient (Wildman–Crippen LogP) is 5.68. The Labute approximate surface area is 163 Å². The lowest BCUT2D eigenvalue weighted by Crippen LogP contribution is -2.43. The Morgan fingerprint density at radius 3 is 2.32 bits per heavy atom. The number of alkyl halides is 3. The Bertz CT molecular complexity index is 1120. The number of anilines is 1. The molecule has 0 aliphatic rings. The third-order valence-electron chi connectivity index (χ3n) is 4.69. The van der Waals surface area contributed by atoms with E-state index in [4.69, 9.17) is 0 Å². The van der Waals surface area contributed by atoms with E-state index in [0.29, 0.717) is 27.5 Å². The fourth-order valence-electron chi connectivity index (χ4n) is 3.38.